The van der Waals surface area contributed by atoms with Gasteiger partial charge in [-0.2, -0.15) is 0 Å². The van der Waals surface area contributed by atoms with Gasteiger partial charge in [0.2, 0.25) is 5.91 Å². The highest BCUT2D eigenvalue weighted by Gasteiger charge is 2.35. The third kappa shape index (κ3) is 4.48. The van der Waals surface area contributed by atoms with E-state index in [2.05, 4.69) is 5.32 Å². The van der Waals surface area contributed by atoms with Crippen molar-refractivity contribution in [1.29, 1.82) is 0 Å². The molecule has 0 radical (unpaired) electrons. The molecule has 120 valence electrons. The Morgan fingerprint density at radius 2 is 2.00 bits per heavy atom. The summed E-state index contributed by atoms with van der Waals surface area (Å²) in [6.07, 6.45) is 0.924. The lowest BCUT2D eigenvalue weighted by molar-refractivity contribution is -0.129. The van der Waals surface area contributed by atoms with Crippen LogP contribution < -0.4 is 5.32 Å². The SMILES string of the molecule is CC(C)(C)OC(=O)N1CCNC(=O)C1CCc1ccccc1. The van der Waals surface area contributed by atoms with E-state index in [9.17, 15) is 9.59 Å². The van der Waals surface area contributed by atoms with Crippen LogP contribution in [0, 0.1) is 0 Å². The number of hydrogen-bond acceptors (Lipinski definition) is 3. The van der Waals surface area contributed by atoms with Crippen molar-refractivity contribution in [3.05, 3.63) is 35.9 Å². The van der Waals surface area contributed by atoms with Crippen molar-refractivity contribution >= 4 is 12.0 Å². The number of ether oxygens (including phenoxy) is 1. The lowest BCUT2D eigenvalue weighted by atomic mass is 10.0. The van der Waals surface area contributed by atoms with E-state index in [0.29, 0.717) is 19.5 Å². The molecule has 2 rings (SSSR count). The number of carbonyl (C=O) groups excluding carboxylic acids is 2. The molecule has 22 heavy (non-hydrogen) atoms. The van der Waals surface area contributed by atoms with E-state index in [1.54, 1.807) is 4.90 Å². The minimum Gasteiger partial charge on any atom is -0.444 e. The van der Waals surface area contributed by atoms with E-state index in [4.69, 9.17) is 4.74 Å². The van der Waals surface area contributed by atoms with Crippen LogP contribution in [0.2, 0.25) is 0 Å². The summed E-state index contributed by atoms with van der Waals surface area (Å²) in [5.41, 5.74) is 0.597. The first-order chi connectivity index (χ1) is 10.4. The van der Waals surface area contributed by atoms with Crippen LogP contribution in [0.3, 0.4) is 0 Å². The molecular formula is C17H24N2O3. The Labute approximate surface area is 131 Å². The molecule has 1 aliphatic rings. The van der Waals surface area contributed by atoms with Gasteiger partial charge in [-0.15, -0.1) is 0 Å². The molecular weight excluding hydrogens is 280 g/mol. The molecule has 0 aliphatic carbocycles. The Balaban J connectivity index is 2.03. The van der Waals surface area contributed by atoms with Crippen molar-refractivity contribution in [2.75, 3.05) is 13.1 Å². The summed E-state index contributed by atoms with van der Waals surface area (Å²) in [7, 11) is 0. The largest absolute Gasteiger partial charge is 0.444 e. The van der Waals surface area contributed by atoms with E-state index in [1.165, 1.54) is 0 Å². The number of carbonyl (C=O) groups is 2. The van der Waals surface area contributed by atoms with E-state index >= 15 is 0 Å². The van der Waals surface area contributed by atoms with Crippen molar-refractivity contribution in [3.8, 4) is 0 Å². The number of rotatable bonds is 3. The van der Waals surface area contributed by atoms with Gasteiger partial charge in [0.05, 0.1) is 0 Å². The van der Waals surface area contributed by atoms with Gasteiger partial charge >= 0.3 is 6.09 Å². The maximum atomic E-state index is 12.3. The summed E-state index contributed by atoms with van der Waals surface area (Å²) in [6, 6.07) is 9.49. The third-order valence-electron chi connectivity index (χ3n) is 3.51. The van der Waals surface area contributed by atoms with Gasteiger partial charge in [-0.1, -0.05) is 30.3 Å². The van der Waals surface area contributed by atoms with E-state index in [0.717, 1.165) is 12.0 Å². The lowest BCUT2D eigenvalue weighted by Gasteiger charge is -2.36. The van der Waals surface area contributed by atoms with Crippen LogP contribution in [0.1, 0.15) is 32.8 Å². The first-order valence-electron chi connectivity index (χ1n) is 7.68. The molecule has 0 bridgehead atoms. The molecule has 1 saturated heterocycles. The summed E-state index contributed by atoms with van der Waals surface area (Å²) >= 11 is 0. The van der Waals surface area contributed by atoms with Crippen molar-refractivity contribution < 1.29 is 14.3 Å². The highest BCUT2D eigenvalue weighted by atomic mass is 16.6. The molecule has 5 heteroatoms. The third-order valence-corrected chi connectivity index (χ3v) is 3.51. The van der Waals surface area contributed by atoms with E-state index in [-0.39, 0.29) is 5.91 Å². The van der Waals surface area contributed by atoms with Crippen molar-refractivity contribution in [3.63, 3.8) is 0 Å². The van der Waals surface area contributed by atoms with E-state index < -0.39 is 17.7 Å². The van der Waals surface area contributed by atoms with Gasteiger partial charge in [0.1, 0.15) is 11.6 Å². The second-order valence-corrected chi connectivity index (χ2v) is 6.50. The maximum absolute atomic E-state index is 12.3. The zero-order valence-corrected chi connectivity index (χ0v) is 13.5. The van der Waals surface area contributed by atoms with Gasteiger partial charge in [0.25, 0.3) is 0 Å². The number of aryl methyl sites for hydroxylation is 1. The fraction of sp³-hybridized carbons (Fsp3) is 0.529. The molecule has 1 unspecified atom stereocenters. The van der Waals surface area contributed by atoms with Gasteiger partial charge in [-0.3, -0.25) is 9.69 Å². The standard InChI is InChI=1S/C17H24N2O3/c1-17(2,3)22-16(21)19-12-11-18-15(20)14(19)10-9-13-7-5-4-6-8-13/h4-8,14H,9-12H2,1-3H3,(H,18,20). The lowest BCUT2D eigenvalue weighted by Crippen LogP contribution is -2.58. The average Bonchev–Trinajstić information content (AvgIpc) is 2.45. The highest BCUT2D eigenvalue weighted by molar-refractivity contribution is 5.86. The normalized spacial score (nSPS) is 18.8. The Morgan fingerprint density at radius 3 is 2.64 bits per heavy atom. The topological polar surface area (TPSA) is 58.6 Å². The number of nitrogens with one attached hydrogen (secondary N) is 1. The molecule has 0 saturated carbocycles. The average molecular weight is 304 g/mol. The minimum absolute atomic E-state index is 0.104. The van der Waals surface area contributed by atoms with Crippen LogP contribution in [0.5, 0.6) is 0 Å². The number of amides is 2. The summed E-state index contributed by atoms with van der Waals surface area (Å²) < 4.78 is 5.41. The van der Waals surface area contributed by atoms with Crippen molar-refractivity contribution in [2.45, 2.75) is 45.3 Å². The Bertz CT molecular complexity index is 522. The molecule has 1 heterocycles. The maximum Gasteiger partial charge on any atom is 0.411 e. The predicted molar refractivity (Wildman–Crippen MR) is 84.5 cm³/mol. The molecule has 1 aliphatic heterocycles. The van der Waals surface area contributed by atoms with Gasteiger partial charge in [0, 0.05) is 13.1 Å². The quantitative estimate of drug-likeness (QED) is 0.932. The summed E-state index contributed by atoms with van der Waals surface area (Å²) in [5.74, 6) is -0.104. The van der Waals surface area contributed by atoms with Gasteiger partial charge < -0.3 is 10.1 Å². The van der Waals surface area contributed by atoms with Crippen LogP contribution in [0.15, 0.2) is 30.3 Å². The summed E-state index contributed by atoms with van der Waals surface area (Å²) in [5, 5.41) is 2.83. The highest BCUT2D eigenvalue weighted by Crippen LogP contribution is 2.17. The summed E-state index contributed by atoms with van der Waals surface area (Å²) in [4.78, 5) is 26.0. The number of benzene rings is 1. The van der Waals surface area contributed by atoms with Gasteiger partial charge in [-0.25, -0.2) is 4.79 Å². The van der Waals surface area contributed by atoms with Crippen molar-refractivity contribution in [2.24, 2.45) is 0 Å². The summed E-state index contributed by atoms with van der Waals surface area (Å²) in [6.45, 7) is 6.44. The zero-order valence-electron chi connectivity index (χ0n) is 13.5. The monoisotopic (exact) mass is 304 g/mol. The predicted octanol–water partition coefficient (Wildman–Crippen LogP) is 2.35. The van der Waals surface area contributed by atoms with Crippen molar-refractivity contribution in [1.82, 2.24) is 10.2 Å². The first-order valence-corrected chi connectivity index (χ1v) is 7.68. The molecule has 0 spiro atoms. The molecule has 1 N–H and O–H groups in total. The molecule has 5 nitrogen and oxygen atoms in total. The van der Waals surface area contributed by atoms with E-state index in [1.807, 2.05) is 51.1 Å². The van der Waals surface area contributed by atoms with Crippen LogP contribution in [0.4, 0.5) is 4.79 Å². The minimum atomic E-state index is -0.561. The molecule has 0 aromatic heterocycles. The Hall–Kier alpha value is -2.04. The second-order valence-electron chi connectivity index (χ2n) is 6.50. The molecule has 2 amide bonds. The molecule has 1 atom stereocenters. The van der Waals surface area contributed by atoms with Crippen LogP contribution in [-0.4, -0.2) is 41.6 Å². The first kappa shape index (κ1) is 16.3. The number of piperazine rings is 1. The molecule has 1 fully saturated rings. The fourth-order valence-electron chi connectivity index (χ4n) is 2.49. The van der Waals surface area contributed by atoms with Gasteiger partial charge in [-0.05, 0) is 39.2 Å². The number of nitrogens with zero attached hydrogens (tertiary/aromatic N) is 1. The Morgan fingerprint density at radius 1 is 1.32 bits per heavy atom. The van der Waals surface area contributed by atoms with Gasteiger partial charge in [0.15, 0.2) is 0 Å². The zero-order chi connectivity index (χ0) is 16.2. The van der Waals surface area contributed by atoms with Crippen LogP contribution in [0.25, 0.3) is 0 Å². The Kier molecular flexibility index (Phi) is 5.06. The molecule has 1 aromatic rings. The molecule has 1 aromatic carbocycles. The second kappa shape index (κ2) is 6.81. The smallest absolute Gasteiger partial charge is 0.411 e. The number of hydrogen-bond donors (Lipinski definition) is 1. The van der Waals surface area contributed by atoms with Crippen LogP contribution >= 0.6 is 0 Å². The fourth-order valence-corrected chi connectivity index (χ4v) is 2.49. The van der Waals surface area contributed by atoms with Crippen LogP contribution in [-0.2, 0) is 16.0 Å².